The fraction of sp³-hybridized carbons (Fsp3) is 0.0952. The molecule has 3 aromatic rings. The van der Waals surface area contributed by atoms with Crippen molar-refractivity contribution in [3.63, 3.8) is 0 Å². The van der Waals surface area contributed by atoms with E-state index in [1.165, 1.54) is 0 Å². The molecular weight excluding hydrogens is 380 g/mol. The molecule has 6 heteroatoms. The number of nitrogens with one attached hydrogen (secondary N) is 1. The van der Waals surface area contributed by atoms with Crippen molar-refractivity contribution in [2.24, 2.45) is 4.40 Å². The average molecular weight is 399 g/mol. The lowest BCUT2D eigenvalue weighted by molar-refractivity contribution is 0.598. The van der Waals surface area contributed by atoms with Gasteiger partial charge in [-0.3, -0.25) is 0 Å². The average Bonchev–Trinajstić information content (AvgIpc) is 2.64. The summed E-state index contributed by atoms with van der Waals surface area (Å²) in [7, 11) is -3.87. The maximum Gasteiger partial charge on any atom is 0.284 e. The van der Waals surface area contributed by atoms with Crippen LogP contribution in [0.25, 0.3) is 0 Å². The molecule has 4 nitrogen and oxygen atoms in total. The van der Waals surface area contributed by atoms with Crippen molar-refractivity contribution in [3.05, 3.63) is 94.5 Å². The Kier molecular flexibility index (Phi) is 5.63. The Morgan fingerprint density at radius 3 is 1.89 bits per heavy atom. The van der Waals surface area contributed by atoms with Crippen molar-refractivity contribution in [1.82, 2.24) is 0 Å². The molecule has 1 N–H and O–H groups in total. The second-order valence-corrected chi connectivity index (χ2v) is 8.27. The summed E-state index contributed by atoms with van der Waals surface area (Å²) in [5.74, 6) is 0.232. The molecule has 0 unspecified atom stereocenters. The van der Waals surface area contributed by atoms with Crippen LogP contribution in [0.4, 0.5) is 5.69 Å². The SMILES string of the molecule is Cc1ccc(N/C(=N/S(=O)(=O)c2ccc(C)cc2)c2ccc(Cl)cc2)cc1. The van der Waals surface area contributed by atoms with Gasteiger partial charge in [0.2, 0.25) is 0 Å². The number of hydrogen-bond donors (Lipinski definition) is 1. The van der Waals surface area contributed by atoms with Crippen LogP contribution in [0.1, 0.15) is 16.7 Å². The van der Waals surface area contributed by atoms with Gasteiger partial charge in [-0.25, -0.2) is 0 Å². The van der Waals surface area contributed by atoms with Gasteiger partial charge in [0, 0.05) is 16.3 Å². The number of amidine groups is 1. The first-order valence-corrected chi connectivity index (χ1v) is 10.2. The molecule has 0 saturated heterocycles. The molecule has 0 fully saturated rings. The molecule has 0 atom stereocenters. The first-order chi connectivity index (χ1) is 12.8. The maximum atomic E-state index is 12.8. The summed E-state index contributed by atoms with van der Waals surface area (Å²) >= 11 is 5.96. The van der Waals surface area contributed by atoms with Crippen molar-refractivity contribution >= 4 is 33.1 Å². The Hall–Kier alpha value is -2.63. The van der Waals surface area contributed by atoms with Gasteiger partial charge in [-0.2, -0.15) is 8.42 Å². The predicted octanol–water partition coefficient (Wildman–Crippen LogP) is 5.20. The molecule has 0 spiro atoms. The van der Waals surface area contributed by atoms with E-state index in [2.05, 4.69) is 9.71 Å². The van der Waals surface area contributed by atoms with Crippen LogP contribution in [0.2, 0.25) is 5.02 Å². The van der Waals surface area contributed by atoms with Crippen LogP contribution < -0.4 is 5.32 Å². The van der Waals surface area contributed by atoms with Crippen molar-refractivity contribution in [1.29, 1.82) is 0 Å². The number of sulfonamides is 1. The maximum absolute atomic E-state index is 12.8. The van der Waals surface area contributed by atoms with E-state index < -0.39 is 10.0 Å². The second-order valence-electron chi connectivity index (χ2n) is 6.23. The Bertz CT molecular complexity index is 1060. The minimum absolute atomic E-state index is 0.144. The number of anilines is 1. The lowest BCUT2D eigenvalue weighted by atomic mass is 10.2. The molecule has 0 radical (unpaired) electrons. The third-order valence-electron chi connectivity index (χ3n) is 3.96. The van der Waals surface area contributed by atoms with Crippen LogP contribution in [-0.4, -0.2) is 14.3 Å². The van der Waals surface area contributed by atoms with Crippen LogP contribution >= 0.6 is 11.6 Å². The highest BCUT2D eigenvalue weighted by Gasteiger charge is 2.16. The number of halogens is 1. The fourth-order valence-corrected chi connectivity index (χ4v) is 3.52. The zero-order valence-electron chi connectivity index (χ0n) is 15.0. The minimum atomic E-state index is -3.87. The van der Waals surface area contributed by atoms with Crippen LogP contribution in [0.15, 0.2) is 82.1 Å². The summed E-state index contributed by atoms with van der Waals surface area (Å²) in [5, 5.41) is 3.67. The molecule has 0 heterocycles. The van der Waals surface area contributed by atoms with E-state index in [-0.39, 0.29) is 10.7 Å². The van der Waals surface area contributed by atoms with E-state index in [4.69, 9.17) is 11.6 Å². The monoisotopic (exact) mass is 398 g/mol. The number of rotatable bonds is 4. The highest BCUT2D eigenvalue weighted by atomic mass is 35.5. The Balaban J connectivity index is 2.04. The third kappa shape index (κ3) is 4.96. The molecule has 138 valence electrons. The van der Waals surface area contributed by atoms with Gasteiger partial charge in [0.1, 0.15) is 0 Å². The van der Waals surface area contributed by atoms with Crippen LogP contribution in [0.3, 0.4) is 0 Å². The molecule has 0 bridgehead atoms. The van der Waals surface area contributed by atoms with Gasteiger partial charge < -0.3 is 5.32 Å². The molecule has 3 rings (SSSR count). The standard InChI is InChI=1S/C21H19ClN2O2S/c1-15-3-11-19(12-4-15)23-21(17-7-9-18(22)10-8-17)24-27(25,26)20-13-5-16(2)6-14-20/h3-14H,1-2H3,(H,23,24). The van der Waals surface area contributed by atoms with Crippen molar-refractivity contribution in [2.45, 2.75) is 18.7 Å². The Morgan fingerprint density at radius 1 is 0.815 bits per heavy atom. The number of aryl methyl sites for hydroxylation is 2. The molecule has 27 heavy (non-hydrogen) atoms. The second kappa shape index (κ2) is 7.94. The van der Waals surface area contributed by atoms with Gasteiger partial charge in [0.25, 0.3) is 10.0 Å². The summed E-state index contributed by atoms with van der Waals surface area (Å²) in [5.41, 5.74) is 3.45. The predicted molar refractivity (Wildman–Crippen MR) is 111 cm³/mol. The topological polar surface area (TPSA) is 58.5 Å². The number of nitrogens with zero attached hydrogens (tertiary/aromatic N) is 1. The molecular formula is C21H19ClN2O2S. The Morgan fingerprint density at radius 2 is 1.33 bits per heavy atom. The summed E-state index contributed by atoms with van der Waals surface area (Å²) in [4.78, 5) is 0.144. The van der Waals surface area contributed by atoms with Gasteiger partial charge in [-0.1, -0.05) is 47.0 Å². The summed E-state index contributed by atoms with van der Waals surface area (Å²) < 4.78 is 29.6. The van der Waals surface area contributed by atoms with E-state index in [9.17, 15) is 8.42 Å². The molecule has 0 saturated carbocycles. The fourth-order valence-electron chi connectivity index (χ4n) is 2.41. The minimum Gasteiger partial charge on any atom is -0.339 e. The zero-order valence-corrected chi connectivity index (χ0v) is 16.6. The largest absolute Gasteiger partial charge is 0.339 e. The molecule has 0 amide bonds. The van der Waals surface area contributed by atoms with Gasteiger partial charge in [0.05, 0.1) is 4.90 Å². The molecule has 0 aliphatic carbocycles. The molecule has 3 aromatic carbocycles. The van der Waals surface area contributed by atoms with Gasteiger partial charge >= 0.3 is 0 Å². The smallest absolute Gasteiger partial charge is 0.284 e. The lowest BCUT2D eigenvalue weighted by Gasteiger charge is -2.11. The van der Waals surface area contributed by atoms with Gasteiger partial charge in [0.15, 0.2) is 5.84 Å². The molecule has 0 aliphatic heterocycles. The summed E-state index contributed by atoms with van der Waals surface area (Å²) in [6.45, 7) is 3.89. The van der Waals surface area contributed by atoms with Gasteiger partial charge in [-0.15, -0.1) is 4.40 Å². The van der Waals surface area contributed by atoms with E-state index in [1.54, 1.807) is 48.5 Å². The third-order valence-corrected chi connectivity index (χ3v) is 5.51. The quantitative estimate of drug-likeness (QED) is 0.485. The van der Waals surface area contributed by atoms with E-state index in [0.29, 0.717) is 10.6 Å². The highest BCUT2D eigenvalue weighted by molar-refractivity contribution is 7.90. The molecule has 0 aliphatic rings. The van der Waals surface area contributed by atoms with Crippen molar-refractivity contribution in [3.8, 4) is 0 Å². The van der Waals surface area contributed by atoms with Crippen LogP contribution in [-0.2, 0) is 10.0 Å². The van der Waals surface area contributed by atoms with E-state index >= 15 is 0 Å². The highest BCUT2D eigenvalue weighted by Crippen LogP contribution is 2.18. The van der Waals surface area contributed by atoms with Crippen molar-refractivity contribution in [2.75, 3.05) is 5.32 Å². The van der Waals surface area contributed by atoms with E-state index in [0.717, 1.165) is 16.8 Å². The normalized spacial score (nSPS) is 12.0. The zero-order chi connectivity index (χ0) is 19.4. The number of hydrogen-bond acceptors (Lipinski definition) is 2. The van der Waals surface area contributed by atoms with Crippen LogP contribution in [0, 0.1) is 13.8 Å². The van der Waals surface area contributed by atoms with E-state index in [1.807, 2.05) is 38.1 Å². The van der Waals surface area contributed by atoms with Gasteiger partial charge in [-0.05, 0) is 62.4 Å². The van der Waals surface area contributed by atoms with Crippen LogP contribution in [0.5, 0.6) is 0 Å². The van der Waals surface area contributed by atoms with Crippen molar-refractivity contribution < 1.29 is 8.42 Å². The lowest BCUT2D eigenvalue weighted by Crippen LogP contribution is -2.16. The first kappa shape index (κ1) is 19.1. The number of benzene rings is 3. The first-order valence-electron chi connectivity index (χ1n) is 8.35. The summed E-state index contributed by atoms with van der Waals surface area (Å²) in [6.07, 6.45) is 0. The molecule has 0 aromatic heterocycles. The Labute approximate surface area is 164 Å². The summed E-state index contributed by atoms with van der Waals surface area (Å²) in [6, 6.07) is 21.1.